The third kappa shape index (κ3) is 3.26. The second-order valence-electron chi connectivity index (χ2n) is 5.50. The molecule has 0 bridgehead atoms. The van der Waals surface area contributed by atoms with E-state index >= 15 is 0 Å². The molecular weight excluding hydrogens is 266 g/mol. The van der Waals surface area contributed by atoms with E-state index in [-0.39, 0.29) is 0 Å². The van der Waals surface area contributed by atoms with Gasteiger partial charge in [0.25, 0.3) is 0 Å². The molecule has 1 fully saturated rings. The van der Waals surface area contributed by atoms with Crippen molar-refractivity contribution in [2.75, 3.05) is 27.9 Å². The maximum atomic E-state index is 5.65. The lowest BCUT2D eigenvalue weighted by atomic mass is 9.90. The van der Waals surface area contributed by atoms with Gasteiger partial charge in [-0.1, -0.05) is 19.8 Å². The molecular formula is C17H27NO3. The van der Waals surface area contributed by atoms with E-state index < -0.39 is 0 Å². The van der Waals surface area contributed by atoms with E-state index in [2.05, 4.69) is 18.3 Å². The van der Waals surface area contributed by atoms with Crippen LogP contribution in [-0.4, -0.2) is 27.9 Å². The minimum atomic E-state index is 0.312. The second kappa shape index (κ2) is 7.55. The molecule has 0 heterocycles. The van der Waals surface area contributed by atoms with Crippen LogP contribution >= 0.6 is 0 Å². The molecule has 4 heteroatoms. The Labute approximate surface area is 127 Å². The molecule has 0 radical (unpaired) electrons. The van der Waals surface area contributed by atoms with E-state index in [1.807, 2.05) is 6.07 Å². The van der Waals surface area contributed by atoms with Crippen molar-refractivity contribution >= 4 is 0 Å². The average molecular weight is 293 g/mol. The van der Waals surface area contributed by atoms with E-state index in [9.17, 15) is 0 Å². The predicted octanol–water partition coefficient (Wildman–Crippen LogP) is 3.55. The molecule has 0 aromatic heterocycles. The number of rotatable bonds is 7. The summed E-state index contributed by atoms with van der Waals surface area (Å²) in [7, 11) is 5.00. The first-order chi connectivity index (χ1) is 10.3. The maximum Gasteiger partial charge on any atom is 0.203 e. The quantitative estimate of drug-likeness (QED) is 0.834. The van der Waals surface area contributed by atoms with Crippen molar-refractivity contribution in [2.45, 2.75) is 38.6 Å². The minimum Gasteiger partial charge on any atom is -0.493 e. The van der Waals surface area contributed by atoms with Gasteiger partial charge in [-0.05, 0) is 37.4 Å². The summed E-state index contributed by atoms with van der Waals surface area (Å²) < 4.78 is 16.5. The molecule has 0 saturated heterocycles. The van der Waals surface area contributed by atoms with Gasteiger partial charge in [-0.3, -0.25) is 0 Å². The highest BCUT2D eigenvalue weighted by atomic mass is 16.5. The highest BCUT2D eigenvalue weighted by molar-refractivity contribution is 5.56. The van der Waals surface area contributed by atoms with Gasteiger partial charge in [0.1, 0.15) is 0 Å². The summed E-state index contributed by atoms with van der Waals surface area (Å²) in [4.78, 5) is 0. The molecule has 1 aromatic carbocycles. The lowest BCUT2D eigenvalue weighted by Gasteiger charge is -2.27. The Kier molecular flexibility index (Phi) is 5.74. The van der Waals surface area contributed by atoms with Gasteiger partial charge in [0.15, 0.2) is 11.5 Å². The first kappa shape index (κ1) is 16.0. The topological polar surface area (TPSA) is 39.7 Å². The molecule has 21 heavy (non-hydrogen) atoms. The summed E-state index contributed by atoms with van der Waals surface area (Å²) in [5.74, 6) is 2.84. The van der Waals surface area contributed by atoms with Gasteiger partial charge in [0.05, 0.1) is 21.3 Å². The molecule has 1 saturated carbocycles. The Morgan fingerprint density at radius 3 is 2.24 bits per heavy atom. The second-order valence-corrected chi connectivity index (χ2v) is 5.50. The van der Waals surface area contributed by atoms with Crippen LogP contribution in [0, 0.1) is 5.92 Å². The maximum absolute atomic E-state index is 5.65. The monoisotopic (exact) mass is 293 g/mol. The van der Waals surface area contributed by atoms with Crippen LogP contribution in [0.2, 0.25) is 0 Å². The van der Waals surface area contributed by atoms with Gasteiger partial charge in [-0.2, -0.15) is 0 Å². The largest absolute Gasteiger partial charge is 0.493 e. The standard InChI is InChI=1S/C17H27NO3/c1-5-18-15(12-8-6-7-9-12)13-10-11-14(19-2)17(21-4)16(13)20-3/h10-12,15,18H,5-9H2,1-4H3. The van der Waals surface area contributed by atoms with Gasteiger partial charge in [-0.15, -0.1) is 0 Å². The molecule has 1 aliphatic rings. The summed E-state index contributed by atoms with van der Waals surface area (Å²) in [6, 6.07) is 4.38. The highest BCUT2D eigenvalue weighted by Crippen LogP contribution is 2.46. The first-order valence-electron chi connectivity index (χ1n) is 7.79. The predicted molar refractivity (Wildman–Crippen MR) is 84.5 cm³/mol. The molecule has 118 valence electrons. The first-order valence-corrected chi connectivity index (χ1v) is 7.79. The zero-order chi connectivity index (χ0) is 15.2. The van der Waals surface area contributed by atoms with Crippen LogP contribution in [0.5, 0.6) is 17.2 Å². The number of ether oxygens (including phenoxy) is 3. The summed E-state index contributed by atoms with van der Waals surface area (Å²) in [5, 5.41) is 3.63. The normalized spacial score (nSPS) is 16.8. The lowest BCUT2D eigenvalue weighted by molar-refractivity contribution is 0.309. The van der Waals surface area contributed by atoms with E-state index in [1.54, 1.807) is 21.3 Å². The molecule has 1 atom stereocenters. The molecule has 1 aliphatic carbocycles. The molecule has 4 nitrogen and oxygen atoms in total. The Balaban J connectivity index is 2.43. The minimum absolute atomic E-state index is 0.312. The van der Waals surface area contributed by atoms with Crippen molar-refractivity contribution in [1.29, 1.82) is 0 Å². The molecule has 0 spiro atoms. The summed E-state index contributed by atoms with van der Waals surface area (Å²) in [6.45, 7) is 3.09. The number of hydrogen-bond donors (Lipinski definition) is 1. The summed E-state index contributed by atoms with van der Waals surface area (Å²) in [5.41, 5.74) is 1.17. The molecule has 1 N–H and O–H groups in total. The van der Waals surface area contributed by atoms with E-state index in [1.165, 1.54) is 31.2 Å². The SMILES string of the molecule is CCNC(c1ccc(OC)c(OC)c1OC)C1CCCC1. The summed E-state index contributed by atoms with van der Waals surface area (Å²) >= 11 is 0. The Hall–Kier alpha value is -1.42. The Bertz CT molecular complexity index is 456. The highest BCUT2D eigenvalue weighted by Gasteiger charge is 2.30. The molecule has 2 rings (SSSR count). The van der Waals surface area contributed by atoms with Crippen LogP contribution < -0.4 is 19.5 Å². The van der Waals surface area contributed by atoms with Crippen molar-refractivity contribution < 1.29 is 14.2 Å². The zero-order valence-electron chi connectivity index (χ0n) is 13.6. The van der Waals surface area contributed by atoms with Crippen LogP contribution in [0.15, 0.2) is 12.1 Å². The molecule has 1 aromatic rings. The average Bonchev–Trinajstić information content (AvgIpc) is 3.05. The molecule has 1 unspecified atom stereocenters. The van der Waals surface area contributed by atoms with Crippen LogP contribution in [0.25, 0.3) is 0 Å². The third-order valence-electron chi connectivity index (χ3n) is 4.36. The van der Waals surface area contributed by atoms with Crippen molar-refractivity contribution in [2.24, 2.45) is 5.92 Å². The van der Waals surface area contributed by atoms with Crippen molar-refractivity contribution in [3.05, 3.63) is 17.7 Å². The fraction of sp³-hybridized carbons (Fsp3) is 0.647. The fourth-order valence-electron chi connectivity index (χ4n) is 3.41. The Morgan fingerprint density at radius 2 is 1.71 bits per heavy atom. The fourth-order valence-corrected chi connectivity index (χ4v) is 3.41. The van der Waals surface area contributed by atoms with Gasteiger partial charge in [-0.25, -0.2) is 0 Å². The van der Waals surface area contributed by atoms with Gasteiger partial charge < -0.3 is 19.5 Å². The van der Waals surface area contributed by atoms with Gasteiger partial charge >= 0.3 is 0 Å². The molecule has 0 amide bonds. The number of benzene rings is 1. The lowest BCUT2D eigenvalue weighted by Crippen LogP contribution is -2.27. The number of hydrogen-bond acceptors (Lipinski definition) is 4. The number of methoxy groups -OCH3 is 3. The van der Waals surface area contributed by atoms with Crippen LogP contribution in [0.4, 0.5) is 0 Å². The van der Waals surface area contributed by atoms with E-state index in [4.69, 9.17) is 14.2 Å². The zero-order valence-corrected chi connectivity index (χ0v) is 13.6. The van der Waals surface area contributed by atoms with E-state index in [0.29, 0.717) is 23.5 Å². The van der Waals surface area contributed by atoms with Crippen molar-refractivity contribution in [3.8, 4) is 17.2 Å². The third-order valence-corrected chi connectivity index (χ3v) is 4.36. The van der Waals surface area contributed by atoms with Gasteiger partial charge in [0, 0.05) is 11.6 Å². The number of nitrogens with one attached hydrogen (secondary N) is 1. The smallest absolute Gasteiger partial charge is 0.203 e. The van der Waals surface area contributed by atoms with Gasteiger partial charge in [0.2, 0.25) is 5.75 Å². The van der Waals surface area contributed by atoms with Crippen LogP contribution in [0.1, 0.15) is 44.2 Å². The van der Waals surface area contributed by atoms with Crippen LogP contribution in [0.3, 0.4) is 0 Å². The van der Waals surface area contributed by atoms with Crippen molar-refractivity contribution in [3.63, 3.8) is 0 Å². The summed E-state index contributed by atoms with van der Waals surface area (Å²) in [6.07, 6.45) is 5.19. The Morgan fingerprint density at radius 1 is 1.05 bits per heavy atom. The molecule has 0 aliphatic heterocycles. The van der Waals surface area contributed by atoms with Crippen molar-refractivity contribution in [1.82, 2.24) is 5.32 Å². The van der Waals surface area contributed by atoms with E-state index in [0.717, 1.165) is 12.3 Å². The van der Waals surface area contributed by atoms with Crippen LogP contribution in [-0.2, 0) is 0 Å².